The summed E-state index contributed by atoms with van der Waals surface area (Å²) in [5.41, 5.74) is -0.532. The second kappa shape index (κ2) is 4.94. The van der Waals surface area contributed by atoms with Gasteiger partial charge in [0.2, 0.25) is 5.91 Å². The number of carboxylic acids is 1. The monoisotopic (exact) mass is 263 g/mol. The number of aromatic carboxylic acids is 1. The zero-order valence-corrected chi connectivity index (χ0v) is 8.78. The number of phenolic OH excluding ortho intramolecular Hbond substituents is 1. The van der Waals surface area contributed by atoms with E-state index in [1.54, 1.807) is 0 Å². The maximum absolute atomic E-state index is 11.9. The Kier molecular flexibility index (Phi) is 3.79. The highest BCUT2D eigenvalue weighted by Gasteiger charge is 2.31. The van der Waals surface area contributed by atoms with E-state index in [1.807, 2.05) is 5.32 Å². The first-order valence-corrected chi connectivity index (χ1v) is 4.62. The molecule has 0 bridgehead atoms. The molecule has 18 heavy (non-hydrogen) atoms. The Balaban J connectivity index is 2.80. The van der Waals surface area contributed by atoms with E-state index in [1.165, 1.54) is 0 Å². The minimum Gasteiger partial charge on any atom is -0.506 e. The Morgan fingerprint density at radius 1 is 1.28 bits per heavy atom. The van der Waals surface area contributed by atoms with E-state index in [0.717, 1.165) is 18.2 Å². The molecule has 0 radical (unpaired) electrons. The standard InChI is InChI=1S/C10H8F3NO4/c11-10(12,13)4-8(16)14-6-2-1-5(9(17)18)3-7(6)15/h1-3,15H,4H2,(H,14,16)(H,17,18). The number of aromatic hydroxyl groups is 1. The topological polar surface area (TPSA) is 86.6 Å². The molecular weight excluding hydrogens is 255 g/mol. The van der Waals surface area contributed by atoms with Crippen molar-refractivity contribution in [1.29, 1.82) is 0 Å². The number of amides is 1. The number of hydrogen-bond donors (Lipinski definition) is 3. The van der Waals surface area contributed by atoms with Gasteiger partial charge in [0, 0.05) is 0 Å². The first-order chi connectivity index (χ1) is 8.19. The van der Waals surface area contributed by atoms with E-state index in [2.05, 4.69) is 0 Å². The number of carboxylic acid groups (broad SMARTS) is 1. The largest absolute Gasteiger partial charge is 0.506 e. The number of phenols is 1. The van der Waals surface area contributed by atoms with Gasteiger partial charge in [-0.15, -0.1) is 0 Å². The predicted molar refractivity (Wildman–Crippen MR) is 54.4 cm³/mol. The van der Waals surface area contributed by atoms with E-state index >= 15 is 0 Å². The molecule has 3 N–H and O–H groups in total. The van der Waals surface area contributed by atoms with Crippen LogP contribution in [0.1, 0.15) is 16.8 Å². The third-order valence-corrected chi connectivity index (χ3v) is 1.88. The molecule has 0 fully saturated rings. The molecule has 0 aliphatic heterocycles. The fourth-order valence-electron chi connectivity index (χ4n) is 1.15. The van der Waals surface area contributed by atoms with Gasteiger partial charge in [-0.25, -0.2) is 4.79 Å². The highest BCUT2D eigenvalue weighted by molar-refractivity contribution is 5.94. The number of rotatable bonds is 3. The zero-order valence-electron chi connectivity index (χ0n) is 8.78. The Bertz CT molecular complexity index is 485. The van der Waals surface area contributed by atoms with Gasteiger partial charge in [-0.1, -0.05) is 0 Å². The van der Waals surface area contributed by atoms with Crippen molar-refractivity contribution in [2.24, 2.45) is 0 Å². The molecule has 8 heteroatoms. The van der Waals surface area contributed by atoms with Crippen LogP contribution in [0.4, 0.5) is 18.9 Å². The first-order valence-electron chi connectivity index (χ1n) is 4.62. The summed E-state index contributed by atoms with van der Waals surface area (Å²) >= 11 is 0. The van der Waals surface area contributed by atoms with Gasteiger partial charge in [-0.2, -0.15) is 13.2 Å². The number of carbonyl (C=O) groups is 2. The second-order valence-electron chi connectivity index (χ2n) is 3.38. The van der Waals surface area contributed by atoms with Crippen LogP contribution in [0.3, 0.4) is 0 Å². The lowest BCUT2D eigenvalue weighted by atomic mass is 10.2. The summed E-state index contributed by atoms with van der Waals surface area (Å²) in [6, 6.07) is 2.88. The number of halogens is 3. The molecule has 1 aromatic rings. The lowest BCUT2D eigenvalue weighted by Gasteiger charge is -2.09. The summed E-state index contributed by atoms with van der Waals surface area (Å²) in [4.78, 5) is 21.5. The zero-order chi connectivity index (χ0) is 13.9. The fraction of sp³-hybridized carbons (Fsp3) is 0.200. The molecule has 98 valence electrons. The number of nitrogens with one attached hydrogen (secondary N) is 1. The summed E-state index contributed by atoms with van der Waals surface area (Å²) in [6.45, 7) is 0. The summed E-state index contributed by atoms with van der Waals surface area (Å²) in [5, 5.41) is 19.7. The molecule has 0 heterocycles. The summed E-state index contributed by atoms with van der Waals surface area (Å²) in [7, 11) is 0. The maximum atomic E-state index is 11.9. The number of anilines is 1. The first kappa shape index (κ1) is 13.8. The molecule has 0 spiro atoms. The average molecular weight is 263 g/mol. The Morgan fingerprint density at radius 3 is 2.33 bits per heavy atom. The van der Waals surface area contributed by atoms with Gasteiger partial charge in [0.05, 0.1) is 11.3 Å². The minimum atomic E-state index is -4.65. The van der Waals surface area contributed by atoms with Crippen molar-refractivity contribution in [2.75, 3.05) is 5.32 Å². The molecule has 1 aromatic carbocycles. The van der Waals surface area contributed by atoms with E-state index in [4.69, 9.17) is 5.11 Å². The molecule has 1 amide bonds. The van der Waals surface area contributed by atoms with Gasteiger partial charge in [-0.3, -0.25) is 4.79 Å². The van der Waals surface area contributed by atoms with E-state index in [9.17, 15) is 27.9 Å². The lowest BCUT2D eigenvalue weighted by Crippen LogP contribution is -2.21. The highest BCUT2D eigenvalue weighted by Crippen LogP contribution is 2.26. The van der Waals surface area contributed by atoms with Crippen LogP contribution in [0.2, 0.25) is 0 Å². The third kappa shape index (κ3) is 3.96. The number of hydrogen-bond acceptors (Lipinski definition) is 3. The van der Waals surface area contributed by atoms with Crippen molar-refractivity contribution >= 4 is 17.6 Å². The van der Waals surface area contributed by atoms with Gasteiger partial charge in [0.15, 0.2) is 0 Å². The SMILES string of the molecule is O=C(CC(F)(F)F)Nc1ccc(C(=O)O)cc1O. The quantitative estimate of drug-likeness (QED) is 0.728. The smallest absolute Gasteiger partial charge is 0.397 e. The van der Waals surface area contributed by atoms with Gasteiger partial charge in [0.1, 0.15) is 12.2 Å². The predicted octanol–water partition coefficient (Wildman–Crippen LogP) is 1.98. The van der Waals surface area contributed by atoms with Crippen LogP contribution in [0, 0.1) is 0 Å². The second-order valence-corrected chi connectivity index (χ2v) is 3.38. The molecule has 0 unspecified atom stereocenters. The number of benzene rings is 1. The normalized spacial score (nSPS) is 11.1. The Labute approximate surface area is 98.8 Å². The van der Waals surface area contributed by atoms with Crippen molar-refractivity contribution in [3.63, 3.8) is 0 Å². The molecule has 0 atom stereocenters. The van der Waals surface area contributed by atoms with Crippen LogP contribution in [0.15, 0.2) is 18.2 Å². The number of carbonyl (C=O) groups excluding carboxylic acids is 1. The van der Waals surface area contributed by atoms with Crippen molar-refractivity contribution in [2.45, 2.75) is 12.6 Å². The highest BCUT2D eigenvalue weighted by atomic mass is 19.4. The molecule has 0 saturated carbocycles. The van der Waals surface area contributed by atoms with Gasteiger partial charge < -0.3 is 15.5 Å². The van der Waals surface area contributed by atoms with Gasteiger partial charge in [0.25, 0.3) is 0 Å². The summed E-state index contributed by atoms with van der Waals surface area (Å²) in [5.74, 6) is -3.27. The maximum Gasteiger partial charge on any atom is 0.397 e. The van der Waals surface area contributed by atoms with Crippen molar-refractivity contribution in [3.05, 3.63) is 23.8 Å². The van der Waals surface area contributed by atoms with E-state index in [-0.39, 0.29) is 11.3 Å². The van der Waals surface area contributed by atoms with Crippen LogP contribution < -0.4 is 5.32 Å². The number of alkyl halides is 3. The van der Waals surface area contributed by atoms with Crippen molar-refractivity contribution in [1.82, 2.24) is 0 Å². The van der Waals surface area contributed by atoms with Gasteiger partial charge >= 0.3 is 12.1 Å². The molecule has 0 aliphatic rings. The van der Waals surface area contributed by atoms with Crippen molar-refractivity contribution in [3.8, 4) is 5.75 Å². The molecule has 0 saturated heterocycles. The van der Waals surface area contributed by atoms with Gasteiger partial charge in [-0.05, 0) is 18.2 Å². The van der Waals surface area contributed by atoms with Crippen LogP contribution in [-0.4, -0.2) is 28.3 Å². The van der Waals surface area contributed by atoms with Crippen LogP contribution in [0.5, 0.6) is 5.75 Å². The summed E-state index contributed by atoms with van der Waals surface area (Å²) < 4.78 is 35.6. The lowest BCUT2D eigenvalue weighted by molar-refractivity contribution is -0.150. The Hall–Kier alpha value is -2.25. The fourth-order valence-corrected chi connectivity index (χ4v) is 1.15. The third-order valence-electron chi connectivity index (χ3n) is 1.88. The summed E-state index contributed by atoms with van der Waals surface area (Å²) in [6.07, 6.45) is -6.34. The molecular formula is C10H8F3NO4. The van der Waals surface area contributed by atoms with Crippen LogP contribution in [-0.2, 0) is 4.79 Å². The molecule has 0 aromatic heterocycles. The van der Waals surface area contributed by atoms with E-state index in [0.29, 0.717) is 0 Å². The average Bonchev–Trinajstić information content (AvgIpc) is 2.17. The van der Waals surface area contributed by atoms with Crippen molar-refractivity contribution < 1.29 is 33.0 Å². The van der Waals surface area contributed by atoms with Crippen LogP contribution in [0.25, 0.3) is 0 Å². The van der Waals surface area contributed by atoms with E-state index < -0.39 is 30.2 Å². The Morgan fingerprint density at radius 2 is 1.89 bits per heavy atom. The molecule has 1 rings (SSSR count). The molecule has 5 nitrogen and oxygen atoms in total. The minimum absolute atomic E-state index is 0.249. The van der Waals surface area contributed by atoms with Crippen LogP contribution >= 0.6 is 0 Å². The molecule has 0 aliphatic carbocycles.